The molecule has 1 aliphatic carbocycles. The highest BCUT2D eigenvalue weighted by atomic mass is 19.3. The maximum Gasteiger partial charge on any atom is 0.273 e. The van der Waals surface area contributed by atoms with Gasteiger partial charge in [0.1, 0.15) is 0 Å². The van der Waals surface area contributed by atoms with Crippen LogP contribution in [0.4, 0.5) is 8.78 Å². The molecule has 0 radical (unpaired) electrons. The summed E-state index contributed by atoms with van der Waals surface area (Å²) in [4.78, 5) is 0. The van der Waals surface area contributed by atoms with E-state index in [9.17, 15) is 8.78 Å². The third-order valence-corrected chi connectivity index (χ3v) is 2.83. The monoisotopic (exact) mass is 196 g/mol. The Labute approximate surface area is 82.9 Å². The van der Waals surface area contributed by atoms with Crippen LogP contribution < -0.4 is 0 Å². The molecule has 1 aromatic rings. The van der Waals surface area contributed by atoms with Crippen LogP contribution >= 0.6 is 0 Å². The van der Waals surface area contributed by atoms with Gasteiger partial charge < -0.3 is 0 Å². The van der Waals surface area contributed by atoms with Gasteiger partial charge in [0.25, 0.3) is 5.92 Å². The van der Waals surface area contributed by atoms with Gasteiger partial charge in [-0.05, 0) is 30.9 Å². The highest BCUT2D eigenvalue weighted by molar-refractivity contribution is 5.36. The van der Waals surface area contributed by atoms with Gasteiger partial charge in [-0.25, -0.2) is 8.78 Å². The molecular weight excluding hydrogens is 182 g/mol. The number of alkyl halides is 2. The first-order valence-corrected chi connectivity index (χ1v) is 4.97. The second kappa shape index (κ2) is 3.04. The summed E-state index contributed by atoms with van der Waals surface area (Å²) < 4.78 is 27.3. The van der Waals surface area contributed by atoms with Crippen LogP contribution in [0.2, 0.25) is 0 Å². The smallest absolute Gasteiger partial charge is 0.201 e. The predicted octanol–water partition coefficient (Wildman–Crippen LogP) is 3.67. The lowest BCUT2D eigenvalue weighted by Gasteiger charge is -2.29. The van der Waals surface area contributed by atoms with Gasteiger partial charge in [0.2, 0.25) is 0 Å². The minimum Gasteiger partial charge on any atom is -0.201 e. The number of hydrogen-bond donors (Lipinski definition) is 0. The second-order valence-corrected chi connectivity index (χ2v) is 4.38. The minimum absolute atomic E-state index is 0.0105. The van der Waals surface area contributed by atoms with E-state index in [4.69, 9.17) is 0 Å². The molecule has 0 aliphatic heterocycles. The summed E-state index contributed by atoms with van der Waals surface area (Å²) in [7, 11) is 0. The molecule has 1 aromatic carbocycles. The lowest BCUT2D eigenvalue weighted by molar-refractivity contribution is -0.0352. The zero-order valence-electron chi connectivity index (χ0n) is 8.48. The first-order valence-electron chi connectivity index (χ1n) is 4.97. The number of aryl methyl sites for hydroxylation is 1. The third-order valence-electron chi connectivity index (χ3n) is 2.83. The number of hydrogen-bond acceptors (Lipinski definition) is 0. The standard InChI is InChI=1S/C12H14F2/c1-8-3-4-10-5-9(2)7-12(13,14)11(10)6-8/h3-4,6,9H,5,7H2,1-2H3. The zero-order valence-corrected chi connectivity index (χ0v) is 8.48. The van der Waals surface area contributed by atoms with Gasteiger partial charge in [-0.2, -0.15) is 0 Å². The Hall–Kier alpha value is -0.920. The Bertz CT molecular complexity index is 355. The summed E-state index contributed by atoms with van der Waals surface area (Å²) in [6.45, 7) is 3.74. The van der Waals surface area contributed by atoms with Crippen LogP contribution in [0.1, 0.15) is 30.0 Å². The van der Waals surface area contributed by atoms with Crippen LogP contribution in [0.3, 0.4) is 0 Å². The fourth-order valence-electron chi connectivity index (χ4n) is 2.20. The lowest BCUT2D eigenvalue weighted by Crippen LogP contribution is -2.26. The Morgan fingerprint density at radius 3 is 2.79 bits per heavy atom. The van der Waals surface area contributed by atoms with Crippen molar-refractivity contribution in [2.24, 2.45) is 5.92 Å². The fraction of sp³-hybridized carbons (Fsp3) is 0.500. The lowest BCUT2D eigenvalue weighted by atomic mass is 9.82. The van der Waals surface area contributed by atoms with Gasteiger partial charge in [0.05, 0.1) is 0 Å². The van der Waals surface area contributed by atoms with E-state index in [1.807, 2.05) is 26.0 Å². The van der Waals surface area contributed by atoms with E-state index in [0.717, 1.165) is 17.5 Å². The largest absolute Gasteiger partial charge is 0.273 e. The predicted molar refractivity (Wildman–Crippen MR) is 52.6 cm³/mol. The molecule has 14 heavy (non-hydrogen) atoms. The maximum absolute atomic E-state index is 13.6. The average molecular weight is 196 g/mol. The quantitative estimate of drug-likeness (QED) is 0.594. The van der Waals surface area contributed by atoms with Crippen molar-refractivity contribution in [1.29, 1.82) is 0 Å². The Balaban J connectivity index is 2.53. The molecule has 1 aliphatic rings. The van der Waals surface area contributed by atoms with Crippen molar-refractivity contribution in [1.82, 2.24) is 0 Å². The summed E-state index contributed by atoms with van der Waals surface area (Å²) >= 11 is 0. The van der Waals surface area contributed by atoms with Gasteiger partial charge in [-0.3, -0.25) is 0 Å². The van der Waals surface area contributed by atoms with Crippen molar-refractivity contribution in [2.75, 3.05) is 0 Å². The van der Waals surface area contributed by atoms with E-state index in [0.29, 0.717) is 0 Å². The maximum atomic E-state index is 13.6. The number of rotatable bonds is 0. The van der Waals surface area contributed by atoms with Crippen LogP contribution in [-0.2, 0) is 12.3 Å². The van der Waals surface area contributed by atoms with Gasteiger partial charge in [-0.15, -0.1) is 0 Å². The number of benzene rings is 1. The van der Waals surface area contributed by atoms with E-state index in [2.05, 4.69) is 0 Å². The molecule has 0 N–H and O–H groups in total. The van der Waals surface area contributed by atoms with Gasteiger partial charge >= 0.3 is 0 Å². The van der Waals surface area contributed by atoms with Crippen molar-refractivity contribution in [3.05, 3.63) is 34.9 Å². The first-order chi connectivity index (χ1) is 6.49. The molecule has 0 saturated heterocycles. The van der Waals surface area contributed by atoms with E-state index >= 15 is 0 Å². The number of fused-ring (bicyclic) bond motifs is 1. The minimum atomic E-state index is -2.63. The zero-order chi connectivity index (χ0) is 10.3. The van der Waals surface area contributed by atoms with Crippen molar-refractivity contribution >= 4 is 0 Å². The number of halogens is 2. The summed E-state index contributed by atoms with van der Waals surface area (Å²) in [5, 5.41) is 0. The molecule has 76 valence electrons. The normalized spacial score (nSPS) is 24.4. The van der Waals surface area contributed by atoms with Crippen LogP contribution in [-0.4, -0.2) is 0 Å². The molecule has 0 spiro atoms. The Morgan fingerprint density at radius 2 is 2.07 bits per heavy atom. The SMILES string of the molecule is Cc1ccc2c(c1)C(F)(F)CC(C)C2. The van der Waals surface area contributed by atoms with Gasteiger partial charge in [0.15, 0.2) is 0 Å². The summed E-state index contributed by atoms with van der Waals surface area (Å²) in [5.74, 6) is -2.54. The molecule has 0 bridgehead atoms. The van der Waals surface area contributed by atoms with Crippen LogP contribution in [0.5, 0.6) is 0 Å². The highest BCUT2D eigenvalue weighted by Crippen LogP contribution is 2.42. The molecule has 0 amide bonds. The van der Waals surface area contributed by atoms with Gasteiger partial charge in [0, 0.05) is 12.0 Å². The van der Waals surface area contributed by atoms with Crippen LogP contribution in [0.25, 0.3) is 0 Å². The average Bonchev–Trinajstić information content (AvgIpc) is 2.05. The molecule has 1 atom stereocenters. The summed E-state index contributed by atoms with van der Waals surface area (Å²) in [6, 6.07) is 5.38. The summed E-state index contributed by atoms with van der Waals surface area (Å²) in [5.41, 5.74) is 1.98. The van der Waals surface area contributed by atoms with Crippen LogP contribution in [0.15, 0.2) is 18.2 Å². The molecule has 0 aromatic heterocycles. The van der Waals surface area contributed by atoms with Gasteiger partial charge in [-0.1, -0.05) is 24.6 Å². The fourth-order valence-corrected chi connectivity index (χ4v) is 2.20. The Morgan fingerprint density at radius 1 is 1.36 bits per heavy atom. The molecule has 0 saturated carbocycles. The van der Waals surface area contributed by atoms with Crippen molar-refractivity contribution in [2.45, 2.75) is 32.6 Å². The molecule has 0 fully saturated rings. The molecule has 1 unspecified atom stereocenters. The van der Waals surface area contributed by atoms with Crippen molar-refractivity contribution in [3.63, 3.8) is 0 Å². The molecule has 0 nitrogen and oxygen atoms in total. The topological polar surface area (TPSA) is 0 Å². The Kier molecular flexibility index (Phi) is 2.09. The summed E-state index contributed by atoms with van der Waals surface area (Å²) in [6.07, 6.45) is 0.772. The van der Waals surface area contributed by atoms with Crippen molar-refractivity contribution in [3.8, 4) is 0 Å². The van der Waals surface area contributed by atoms with E-state index < -0.39 is 5.92 Å². The first kappa shape index (κ1) is 9.63. The van der Waals surface area contributed by atoms with Crippen LogP contribution in [0, 0.1) is 12.8 Å². The second-order valence-electron chi connectivity index (χ2n) is 4.38. The third kappa shape index (κ3) is 1.54. The molecule has 2 rings (SSSR count). The highest BCUT2D eigenvalue weighted by Gasteiger charge is 2.39. The van der Waals surface area contributed by atoms with E-state index in [1.54, 1.807) is 6.07 Å². The van der Waals surface area contributed by atoms with Crippen molar-refractivity contribution < 1.29 is 8.78 Å². The van der Waals surface area contributed by atoms with E-state index in [-0.39, 0.29) is 17.9 Å². The molecule has 2 heteroatoms. The molecular formula is C12H14F2. The molecule has 0 heterocycles. The van der Waals surface area contributed by atoms with E-state index in [1.165, 1.54) is 0 Å².